The summed E-state index contributed by atoms with van der Waals surface area (Å²) in [4.78, 5) is 37.0. The molecule has 13 heteroatoms. The molecule has 2 aromatic carbocycles. The van der Waals surface area contributed by atoms with Gasteiger partial charge < -0.3 is 15.4 Å². The molecule has 4 aromatic rings. The summed E-state index contributed by atoms with van der Waals surface area (Å²) < 4.78 is 25.6. The highest BCUT2D eigenvalue weighted by molar-refractivity contribution is 8.24. The van der Waals surface area contributed by atoms with Crippen molar-refractivity contribution in [3.8, 4) is 17.7 Å². The highest BCUT2D eigenvalue weighted by atomic mass is 32.3. The molecule has 2 aromatic heterocycles. The summed E-state index contributed by atoms with van der Waals surface area (Å²) in [6, 6.07) is 18.1. The van der Waals surface area contributed by atoms with Crippen LogP contribution in [-0.4, -0.2) is 66.9 Å². The minimum Gasteiger partial charge on any atom is -0.439 e. The quantitative estimate of drug-likeness (QED) is 0.189. The van der Waals surface area contributed by atoms with Crippen LogP contribution in [0, 0.1) is 18.3 Å². The van der Waals surface area contributed by atoms with Crippen molar-refractivity contribution in [2.75, 3.05) is 41.8 Å². The van der Waals surface area contributed by atoms with Crippen molar-refractivity contribution in [3.63, 3.8) is 0 Å². The Kier molecular flexibility index (Phi) is 8.68. The molecule has 0 radical (unpaired) electrons. The fourth-order valence-corrected chi connectivity index (χ4v) is 6.56. The molecule has 1 saturated heterocycles. The van der Waals surface area contributed by atoms with E-state index in [9.17, 15) is 24.0 Å². The van der Waals surface area contributed by atoms with Gasteiger partial charge in [0, 0.05) is 36.5 Å². The first-order valence-corrected chi connectivity index (χ1v) is 16.3. The second kappa shape index (κ2) is 12.3. The SMILES string of the molecule is Cc1ccc(NC(=O)c2cccc(C(C)(C)C#N)c2)cc1Oc1ccc2nc(NC(=O)CN3CCS(O)(O)CC3)sc2n1. The summed E-state index contributed by atoms with van der Waals surface area (Å²) in [5.41, 5.74) is 2.47. The second-order valence-electron chi connectivity index (χ2n) is 10.9. The van der Waals surface area contributed by atoms with Gasteiger partial charge in [-0.3, -0.25) is 23.6 Å². The number of nitrogens with zero attached hydrogens (tertiary/aromatic N) is 4. The molecule has 1 aliphatic rings. The average molecular weight is 621 g/mol. The molecule has 0 aliphatic carbocycles. The Morgan fingerprint density at radius 2 is 1.86 bits per heavy atom. The Hall–Kier alpha value is -4.06. The first-order valence-electron chi connectivity index (χ1n) is 13.6. The molecule has 43 heavy (non-hydrogen) atoms. The number of aryl methyl sites for hydroxylation is 1. The molecule has 11 nitrogen and oxygen atoms in total. The maximum Gasteiger partial charge on any atom is 0.255 e. The fourth-order valence-electron chi connectivity index (χ4n) is 4.41. The van der Waals surface area contributed by atoms with E-state index in [4.69, 9.17) is 4.74 Å². The van der Waals surface area contributed by atoms with E-state index >= 15 is 0 Å². The third-order valence-corrected chi connectivity index (χ3v) is 9.65. The van der Waals surface area contributed by atoms with Crippen molar-refractivity contribution in [2.24, 2.45) is 0 Å². The fraction of sp³-hybridized carbons (Fsp3) is 0.300. The molecule has 0 saturated carbocycles. The van der Waals surface area contributed by atoms with E-state index in [1.165, 1.54) is 11.3 Å². The van der Waals surface area contributed by atoms with Crippen molar-refractivity contribution in [1.29, 1.82) is 5.26 Å². The third-order valence-electron chi connectivity index (χ3n) is 7.10. The number of nitrogens with one attached hydrogen (secondary N) is 2. The molecule has 5 rings (SSSR count). The van der Waals surface area contributed by atoms with Crippen LogP contribution in [0.15, 0.2) is 54.6 Å². The highest BCUT2D eigenvalue weighted by Gasteiger charge is 2.24. The first kappa shape index (κ1) is 30.4. The van der Waals surface area contributed by atoms with E-state index in [1.807, 2.05) is 24.0 Å². The largest absolute Gasteiger partial charge is 0.439 e. The number of amides is 2. The number of hydrogen-bond donors (Lipinski definition) is 4. The van der Waals surface area contributed by atoms with E-state index < -0.39 is 16.0 Å². The van der Waals surface area contributed by atoms with Gasteiger partial charge in [0.25, 0.3) is 5.91 Å². The number of rotatable bonds is 8. The van der Waals surface area contributed by atoms with Crippen LogP contribution >= 0.6 is 21.9 Å². The van der Waals surface area contributed by atoms with E-state index in [2.05, 4.69) is 26.7 Å². The van der Waals surface area contributed by atoms with E-state index in [0.717, 1.165) is 11.1 Å². The maximum atomic E-state index is 13.0. The minimum absolute atomic E-state index is 0.142. The lowest BCUT2D eigenvalue weighted by Crippen LogP contribution is -2.42. The summed E-state index contributed by atoms with van der Waals surface area (Å²) in [6.07, 6.45) is 0. The van der Waals surface area contributed by atoms with Crippen LogP contribution in [0.5, 0.6) is 11.6 Å². The zero-order chi connectivity index (χ0) is 30.8. The first-order chi connectivity index (χ1) is 20.4. The lowest BCUT2D eigenvalue weighted by molar-refractivity contribution is -0.117. The van der Waals surface area contributed by atoms with Crippen LogP contribution < -0.4 is 15.4 Å². The smallest absolute Gasteiger partial charge is 0.255 e. The van der Waals surface area contributed by atoms with E-state index in [0.29, 0.717) is 51.4 Å². The van der Waals surface area contributed by atoms with Gasteiger partial charge in [0.15, 0.2) is 5.13 Å². The van der Waals surface area contributed by atoms with Crippen LogP contribution in [-0.2, 0) is 10.2 Å². The number of pyridine rings is 1. The monoisotopic (exact) mass is 620 g/mol. The van der Waals surface area contributed by atoms with Gasteiger partial charge in [-0.1, -0.05) is 29.5 Å². The summed E-state index contributed by atoms with van der Waals surface area (Å²) in [7, 11) is -2.51. The van der Waals surface area contributed by atoms with Gasteiger partial charge in [0.05, 0.1) is 29.5 Å². The molecule has 0 bridgehead atoms. The third kappa shape index (κ3) is 7.48. The normalized spacial score (nSPS) is 15.8. The number of thiazole rings is 1. The Balaban J connectivity index is 1.24. The summed E-state index contributed by atoms with van der Waals surface area (Å²) in [5.74, 6) is 0.862. The Morgan fingerprint density at radius 3 is 2.60 bits per heavy atom. The molecule has 0 unspecified atom stereocenters. The molecule has 3 heterocycles. The number of fused-ring (bicyclic) bond motifs is 1. The summed E-state index contributed by atoms with van der Waals surface area (Å²) in [5, 5.41) is 15.6. The summed E-state index contributed by atoms with van der Waals surface area (Å²) >= 11 is 1.22. The molecular formula is C30H32N6O5S2. The van der Waals surface area contributed by atoms with Crippen LogP contribution in [0.1, 0.15) is 35.3 Å². The predicted molar refractivity (Wildman–Crippen MR) is 169 cm³/mol. The molecule has 4 N–H and O–H groups in total. The number of ether oxygens (including phenoxy) is 1. The Bertz CT molecular complexity index is 1720. The van der Waals surface area contributed by atoms with Gasteiger partial charge in [-0.2, -0.15) is 15.9 Å². The number of anilines is 2. The van der Waals surface area contributed by atoms with Crippen molar-refractivity contribution >= 4 is 54.9 Å². The maximum absolute atomic E-state index is 13.0. The van der Waals surface area contributed by atoms with Crippen LogP contribution in [0.4, 0.5) is 10.8 Å². The number of carbonyl (C=O) groups excluding carboxylic acids is 2. The highest BCUT2D eigenvalue weighted by Crippen LogP contribution is 2.40. The van der Waals surface area contributed by atoms with Gasteiger partial charge in [0.1, 0.15) is 16.1 Å². The summed E-state index contributed by atoms with van der Waals surface area (Å²) in [6.45, 7) is 6.55. The lowest BCUT2D eigenvalue weighted by atomic mass is 9.85. The van der Waals surface area contributed by atoms with E-state index in [-0.39, 0.29) is 29.9 Å². The van der Waals surface area contributed by atoms with Gasteiger partial charge in [-0.05, 0) is 56.2 Å². The lowest BCUT2D eigenvalue weighted by Gasteiger charge is -2.40. The zero-order valence-corrected chi connectivity index (χ0v) is 25.6. The van der Waals surface area contributed by atoms with Crippen molar-refractivity contribution < 1.29 is 23.4 Å². The topological polar surface area (TPSA) is 161 Å². The molecule has 0 atom stereocenters. The van der Waals surface area contributed by atoms with Crippen LogP contribution in [0.3, 0.4) is 0 Å². The Morgan fingerprint density at radius 1 is 1.09 bits per heavy atom. The predicted octanol–water partition coefficient (Wildman–Crippen LogP) is 5.85. The molecule has 1 aliphatic heterocycles. The molecular weight excluding hydrogens is 589 g/mol. The molecule has 0 spiro atoms. The van der Waals surface area contributed by atoms with Gasteiger partial charge in [-0.15, -0.1) is 0 Å². The number of carbonyl (C=O) groups is 2. The molecule has 2 amide bonds. The van der Waals surface area contributed by atoms with Gasteiger partial charge >= 0.3 is 0 Å². The van der Waals surface area contributed by atoms with E-state index in [1.54, 1.807) is 56.3 Å². The van der Waals surface area contributed by atoms with Crippen LogP contribution in [0.25, 0.3) is 10.3 Å². The zero-order valence-electron chi connectivity index (χ0n) is 24.0. The molecule has 1 fully saturated rings. The number of hydrogen-bond acceptors (Lipinski definition) is 10. The average Bonchev–Trinajstić information content (AvgIpc) is 3.37. The van der Waals surface area contributed by atoms with Crippen molar-refractivity contribution in [3.05, 3.63) is 71.3 Å². The van der Waals surface area contributed by atoms with Crippen LogP contribution in [0.2, 0.25) is 0 Å². The molecule has 224 valence electrons. The standard InChI is InChI=1S/C30H32N6O5S2/c1-19-7-8-22(32-27(38)20-5-4-6-21(15-20)30(2,3)18-31)16-24(19)41-26-10-9-23-28(35-26)42-29(33-23)34-25(37)17-36-11-13-43(39,40)14-12-36/h4-10,15-16,39-40H,11-14,17H2,1-3H3,(H,32,38)(H,33,34,37). The second-order valence-corrected chi connectivity index (χ2v) is 14.3. The Labute approximate surface area is 254 Å². The number of aromatic nitrogens is 2. The van der Waals surface area contributed by atoms with Crippen molar-refractivity contribution in [1.82, 2.24) is 14.9 Å². The van der Waals surface area contributed by atoms with Crippen molar-refractivity contribution in [2.45, 2.75) is 26.2 Å². The van der Waals surface area contributed by atoms with Gasteiger partial charge in [-0.25, -0.2) is 9.97 Å². The number of benzene rings is 2. The minimum atomic E-state index is -2.51. The number of nitriles is 1. The van der Waals surface area contributed by atoms with Gasteiger partial charge in [0.2, 0.25) is 11.8 Å².